The number of amides is 2. The molecule has 2 unspecified atom stereocenters. The molecular weight excluding hydrogens is 685 g/mol. The van der Waals surface area contributed by atoms with Gasteiger partial charge in [0.2, 0.25) is 12.2 Å². The van der Waals surface area contributed by atoms with Gasteiger partial charge in [0.1, 0.15) is 11.6 Å². The lowest BCUT2D eigenvalue weighted by Crippen LogP contribution is -2.32. The number of esters is 2. The molecule has 0 aliphatic heterocycles. The van der Waals surface area contributed by atoms with Crippen molar-refractivity contribution in [1.29, 1.82) is 0 Å². The summed E-state index contributed by atoms with van der Waals surface area (Å²) < 4.78 is 59.3. The van der Waals surface area contributed by atoms with E-state index in [1.807, 2.05) is 0 Å². The molecule has 0 aromatic heterocycles. The Labute approximate surface area is 284 Å². The van der Waals surface area contributed by atoms with E-state index < -0.39 is 87.0 Å². The van der Waals surface area contributed by atoms with Crippen molar-refractivity contribution in [3.05, 3.63) is 69.2 Å². The Morgan fingerprint density at radius 3 is 1.38 bits per heavy atom. The first-order valence-electron chi connectivity index (χ1n) is 14.1. The summed E-state index contributed by atoms with van der Waals surface area (Å²) in [5.41, 5.74) is -0.448. The van der Waals surface area contributed by atoms with Gasteiger partial charge in [0, 0.05) is 12.1 Å². The summed E-state index contributed by atoms with van der Waals surface area (Å²) in [5, 5.41) is 3.29. The second-order valence-electron chi connectivity index (χ2n) is 9.37. The normalized spacial score (nSPS) is 12.6. The molecule has 0 aliphatic rings. The van der Waals surface area contributed by atoms with Crippen molar-refractivity contribution in [3.8, 4) is 11.5 Å². The van der Waals surface area contributed by atoms with Crippen LogP contribution in [-0.2, 0) is 28.5 Å². The van der Waals surface area contributed by atoms with Crippen LogP contribution in [0, 0.1) is 11.6 Å². The number of anilines is 2. The molecule has 0 radical (unpaired) electrons. The maximum atomic E-state index is 14.6. The molecule has 2 rings (SSSR count). The number of hydrogen-bond donors (Lipinski definition) is 2. The van der Waals surface area contributed by atoms with Crippen molar-refractivity contribution in [2.75, 3.05) is 23.8 Å². The molecule has 0 spiro atoms. The molecule has 0 aliphatic carbocycles. The maximum absolute atomic E-state index is 14.6. The van der Waals surface area contributed by atoms with Gasteiger partial charge in [-0.05, 0) is 64.8 Å². The van der Waals surface area contributed by atoms with Crippen LogP contribution in [-0.4, -0.2) is 55.7 Å². The van der Waals surface area contributed by atoms with Gasteiger partial charge >= 0.3 is 30.3 Å². The van der Waals surface area contributed by atoms with E-state index in [4.69, 9.17) is 51.6 Å². The van der Waals surface area contributed by atoms with E-state index in [2.05, 4.69) is 10.6 Å². The molecule has 2 N–H and O–H groups in total. The maximum Gasteiger partial charge on any atom is 0.519 e. The predicted octanol–water partition coefficient (Wildman–Crippen LogP) is 7.74. The zero-order valence-electron chi connectivity index (χ0n) is 26.5. The standard InChI is InChI=1S/C31H32Cl2F2N2O11/c1-7-15(5)25(27(38)43-9-3)47-29(40)36-21-13-23(17(32)11-19(21)34)45-31(42)46-24-14-22(20(35)12-18(24)33)37-30(41)48-26(16(6)8-2)28(39)44-10-4/h7-8,11-14,25-26H,9-10H2,1-6H3,(H,36,40)(H,37,41)/b15-7+,16-8+. The van der Waals surface area contributed by atoms with Crippen LogP contribution in [0.2, 0.25) is 10.0 Å². The zero-order valence-corrected chi connectivity index (χ0v) is 28.0. The number of benzene rings is 2. The van der Waals surface area contributed by atoms with Gasteiger partial charge in [-0.25, -0.2) is 32.8 Å². The highest BCUT2D eigenvalue weighted by atomic mass is 35.5. The third-order valence-corrected chi connectivity index (χ3v) is 6.68. The minimum Gasteiger partial charge on any atom is -0.463 e. The SMILES string of the molecule is C/C=C(\C)C(OC(=O)Nc1cc(OC(=O)Oc2cc(NC(=O)OC(C(=O)OCC)/C(C)=C/C)c(F)cc2Cl)c(Cl)cc1F)C(=O)OCC. The minimum absolute atomic E-state index is 0.0154. The molecule has 0 bridgehead atoms. The van der Waals surface area contributed by atoms with Crippen LogP contribution < -0.4 is 20.1 Å². The van der Waals surface area contributed by atoms with Crippen LogP contribution in [0.1, 0.15) is 41.5 Å². The molecular formula is C31H32Cl2F2N2O11. The lowest BCUT2D eigenvalue weighted by Gasteiger charge is -2.18. The van der Waals surface area contributed by atoms with Crippen LogP contribution in [0.25, 0.3) is 0 Å². The van der Waals surface area contributed by atoms with Crippen LogP contribution >= 0.6 is 23.2 Å². The monoisotopic (exact) mass is 716 g/mol. The first-order chi connectivity index (χ1) is 22.6. The van der Waals surface area contributed by atoms with Crippen molar-refractivity contribution in [2.45, 2.75) is 53.8 Å². The molecule has 17 heteroatoms. The number of allylic oxidation sites excluding steroid dienone is 2. The highest BCUT2D eigenvalue weighted by molar-refractivity contribution is 6.32. The summed E-state index contributed by atoms with van der Waals surface area (Å²) in [6.07, 6.45) is -3.83. The van der Waals surface area contributed by atoms with Crippen LogP contribution in [0.15, 0.2) is 47.6 Å². The van der Waals surface area contributed by atoms with Crippen molar-refractivity contribution in [2.24, 2.45) is 0 Å². The summed E-state index contributed by atoms with van der Waals surface area (Å²) in [7, 11) is 0. The zero-order chi connectivity index (χ0) is 36.1. The van der Waals surface area contributed by atoms with Crippen molar-refractivity contribution < 1.29 is 61.2 Å². The second-order valence-corrected chi connectivity index (χ2v) is 10.2. The number of halogens is 4. The van der Waals surface area contributed by atoms with Gasteiger partial charge in [-0.2, -0.15) is 0 Å². The second kappa shape index (κ2) is 18.4. The molecule has 2 amide bonds. The number of hydrogen-bond acceptors (Lipinski definition) is 11. The van der Waals surface area contributed by atoms with Crippen LogP contribution in [0.4, 0.5) is 34.5 Å². The smallest absolute Gasteiger partial charge is 0.463 e. The summed E-state index contributed by atoms with van der Waals surface area (Å²) in [5.74, 6) is -4.85. The third kappa shape index (κ3) is 11.1. The minimum atomic E-state index is -1.50. The molecule has 2 atom stereocenters. The Bertz CT molecular complexity index is 1500. The number of ether oxygens (including phenoxy) is 6. The quantitative estimate of drug-likeness (QED) is 0.0955. The van der Waals surface area contributed by atoms with E-state index in [0.29, 0.717) is 23.3 Å². The molecule has 48 heavy (non-hydrogen) atoms. The Morgan fingerprint density at radius 1 is 0.708 bits per heavy atom. The Balaban J connectivity index is 2.21. The van der Waals surface area contributed by atoms with E-state index >= 15 is 0 Å². The molecule has 0 heterocycles. The first kappa shape index (κ1) is 39.3. The summed E-state index contributed by atoms with van der Waals surface area (Å²) in [6.45, 7) is 9.38. The van der Waals surface area contributed by atoms with Gasteiger partial charge < -0.3 is 28.4 Å². The van der Waals surface area contributed by atoms with E-state index in [1.54, 1.807) is 27.7 Å². The fourth-order valence-electron chi connectivity index (χ4n) is 3.49. The molecule has 0 saturated heterocycles. The number of nitrogens with one attached hydrogen (secondary N) is 2. The Kier molecular flexibility index (Phi) is 15.1. The number of carbonyl (C=O) groups excluding carboxylic acids is 5. The number of carbonyl (C=O) groups is 5. The predicted molar refractivity (Wildman–Crippen MR) is 169 cm³/mol. The average molecular weight is 718 g/mol. The average Bonchev–Trinajstić information content (AvgIpc) is 3.02. The summed E-state index contributed by atoms with van der Waals surface area (Å²) in [4.78, 5) is 62.0. The van der Waals surface area contributed by atoms with Crippen molar-refractivity contribution in [1.82, 2.24) is 0 Å². The molecule has 13 nitrogen and oxygen atoms in total. The Morgan fingerprint density at radius 2 is 1.06 bits per heavy atom. The van der Waals surface area contributed by atoms with Crippen LogP contribution in [0.3, 0.4) is 0 Å². The Hall–Kier alpha value is -4.89. The fraction of sp³-hybridized carbons (Fsp3) is 0.323. The lowest BCUT2D eigenvalue weighted by atomic mass is 10.1. The van der Waals surface area contributed by atoms with E-state index in [1.165, 1.54) is 26.0 Å². The highest BCUT2D eigenvalue weighted by Crippen LogP contribution is 2.34. The number of rotatable bonds is 12. The van der Waals surface area contributed by atoms with Gasteiger partial charge in [0.25, 0.3) is 0 Å². The van der Waals surface area contributed by atoms with E-state index in [-0.39, 0.29) is 13.2 Å². The van der Waals surface area contributed by atoms with Crippen LogP contribution in [0.5, 0.6) is 11.5 Å². The third-order valence-electron chi connectivity index (χ3n) is 6.09. The highest BCUT2D eigenvalue weighted by Gasteiger charge is 2.28. The van der Waals surface area contributed by atoms with Crippen molar-refractivity contribution >= 4 is 64.9 Å². The molecule has 0 fully saturated rings. The van der Waals surface area contributed by atoms with Gasteiger partial charge in [-0.15, -0.1) is 0 Å². The molecule has 0 saturated carbocycles. The van der Waals surface area contributed by atoms with Crippen molar-refractivity contribution in [3.63, 3.8) is 0 Å². The summed E-state index contributed by atoms with van der Waals surface area (Å²) in [6, 6.07) is 3.06. The molecule has 2 aromatic carbocycles. The van der Waals surface area contributed by atoms with Gasteiger partial charge in [0.05, 0.1) is 34.6 Å². The largest absolute Gasteiger partial charge is 0.519 e. The lowest BCUT2D eigenvalue weighted by molar-refractivity contribution is -0.151. The van der Waals surface area contributed by atoms with Gasteiger partial charge in [-0.1, -0.05) is 35.4 Å². The van der Waals surface area contributed by atoms with Gasteiger partial charge in [0.15, 0.2) is 11.5 Å². The molecule has 2 aromatic rings. The topological polar surface area (TPSA) is 165 Å². The summed E-state index contributed by atoms with van der Waals surface area (Å²) >= 11 is 12.0. The molecule has 260 valence electrons. The van der Waals surface area contributed by atoms with Gasteiger partial charge in [-0.3, -0.25) is 10.6 Å². The fourth-order valence-corrected chi connectivity index (χ4v) is 3.87. The first-order valence-corrected chi connectivity index (χ1v) is 14.8. The van der Waals surface area contributed by atoms with E-state index in [9.17, 15) is 32.8 Å². The van der Waals surface area contributed by atoms with E-state index in [0.717, 1.165) is 12.1 Å².